The molecule has 1 saturated heterocycles. The lowest BCUT2D eigenvalue weighted by Gasteiger charge is -2.21. The smallest absolute Gasteiger partial charge is 0.224 e. The number of ether oxygens (including phenoxy) is 1. The van der Waals surface area contributed by atoms with E-state index in [4.69, 9.17) is 16.3 Å². The van der Waals surface area contributed by atoms with Crippen molar-refractivity contribution >= 4 is 23.2 Å². The zero-order valence-electron chi connectivity index (χ0n) is 13.8. The van der Waals surface area contributed by atoms with Crippen LogP contribution in [0.3, 0.4) is 0 Å². The number of carbonyl (C=O) groups excluding carboxylic acids is 1. The van der Waals surface area contributed by atoms with E-state index in [-0.39, 0.29) is 11.9 Å². The van der Waals surface area contributed by atoms with Gasteiger partial charge in [-0.3, -0.25) is 9.48 Å². The molecule has 3 rings (SSSR count). The van der Waals surface area contributed by atoms with Crippen LogP contribution in [0, 0.1) is 0 Å². The van der Waals surface area contributed by atoms with Crippen LogP contribution in [0.2, 0.25) is 5.02 Å². The molecule has 6 nitrogen and oxygen atoms in total. The first-order valence-corrected chi connectivity index (χ1v) is 8.28. The third-order valence-electron chi connectivity index (χ3n) is 4.16. The highest BCUT2D eigenvalue weighted by Gasteiger charge is 2.26. The van der Waals surface area contributed by atoms with Crippen LogP contribution in [0.15, 0.2) is 30.6 Å². The van der Waals surface area contributed by atoms with E-state index in [0.717, 1.165) is 36.5 Å². The lowest BCUT2D eigenvalue weighted by atomic mass is 10.2. The zero-order chi connectivity index (χ0) is 17.1. The molecule has 128 valence electrons. The molecule has 0 aliphatic carbocycles. The second kappa shape index (κ2) is 7.13. The summed E-state index contributed by atoms with van der Waals surface area (Å²) in [4.78, 5) is 14.4. The summed E-state index contributed by atoms with van der Waals surface area (Å²) in [6.07, 6.45) is 4.83. The Morgan fingerprint density at radius 3 is 3.04 bits per heavy atom. The number of hydrogen-bond acceptors (Lipinski definition) is 4. The third kappa shape index (κ3) is 3.82. The van der Waals surface area contributed by atoms with Crippen molar-refractivity contribution in [1.29, 1.82) is 0 Å². The van der Waals surface area contributed by atoms with Crippen LogP contribution >= 0.6 is 11.6 Å². The molecule has 7 heteroatoms. The Morgan fingerprint density at radius 2 is 2.33 bits per heavy atom. The standard InChI is InChI=1S/C17H21ClN4O2/c1-21-10-12(9-19-21)7-17(23)20-14-5-6-22(11-14)15-8-13(18)3-4-16(15)24-2/h3-4,8-10,14H,5-7,11H2,1-2H3,(H,20,23)/t14-/m0/s1. The Labute approximate surface area is 146 Å². The van der Waals surface area contributed by atoms with Crippen molar-refractivity contribution < 1.29 is 9.53 Å². The fourth-order valence-corrected chi connectivity index (χ4v) is 3.20. The fourth-order valence-electron chi connectivity index (χ4n) is 3.03. The van der Waals surface area contributed by atoms with Crippen LogP contribution in [-0.4, -0.2) is 41.9 Å². The van der Waals surface area contributed by atoms with Crippen molar-refractivity contribution in [2.75, 3.05) is 25.1 Å². The van der Waals surface area contributed by atoms with Gasteiger partial charge >= 0.3 is 0 Å². The third-order valence-corrected chi connectivity index (χ3v) is 4.39. The first-order chi connectivity index (χ1) is 11.5. The fraction of sp³-hybridized carbons (Fsp3) is 0.412. The quantitative estimate of drug-likeness (QED) is 0.898. The van der Waals surface area contributed by atoms with Gasteiger partial charge in [-0.25, -0.2) is 0 Å². The molecule has 1 aromatic carbocycles. The Kier molecular flexibility index (Phi) is 4.94. The molecule has 1 aromatic heterocycles. The van der Waals surface area contributed by atoms with Crippen LogP contribution in [0.25, 0.3) is 0 Å². The molecular formula is C17H21ClN4O2. The summed E-state index contributed by atoms with van der Waals surface area (Å²) >= 11 is 6.11. The average Bonchev–Trinajstić information content (AvgIpc) is 3.16. The van der Waals surface area contributed by atoms with Gasteiger partial charge in [0.15, 0.2) is 0 Å². The summed E-state index contributed by atoms with van der Waals surface area (Å²) in [5.41, 5.74) is 1.88. The van der Waals surface area contributed by atoms with Gasteiger partial charge in [-0.1, -0.05) is 11.6 Å². The van der Waals surface area contributed by atoms with E-state index in [0.29, 0.717) is 11.4 Å². The summed E-state index contributed by atoms with van der Waals surface area (Å²) in [7, 11) is 3.49. The maximum atomic E-state index is 12.2. The molecule has 0 spiro atoms. The molecule has 0 radical (unpaired) electrons. The van der Waals surface area contributed by atoms with Gasteiger partial charge in [0, 0.05) is 37.4 Å². The van der Waals surface area contributed by atoms with Gasteiger partial charge in [-0.05, 0) is 30.2 Å². The van der Waals surface area contributed by atoms with Crippen molar-refractivity contribution in [3.8, 4) is 5.75 Å². The molecule has 1 N–H and O–H groups in total. The van der Waals surface area contributed by atoms with E-state index in [1.54, 1.807) is 18.0 Å². The van der Waals surface area contributed by atoms with Gasteiger partial charge in [0.25, 0.3) is 0 Å². The van der Waals surface area contributed by atoms with Gasteiger partial charge < -0.3 is 15.0 Å². The number of nitrogens with zero attached hydrogens (tertiary/aromatic N) is 3. The van der Waals surface area contributed by atoms with Crippen molar-refractivity contribution in [2.45, 2.75) is 18.9 Å². The largest absolute Gasteiger partial charge is 0.495 e. The number of aromatic nitrogens is 2. The normalized spacial score (nSPS) is 17.1. The van der Waals surface area contributed by atoms with E-state index in [1.807, 2.05) is 31.4 Å². The summed E-state index contributed by atoms with van der Waals surface area (Å²) in [5.74, 6) is 0.814. The number of carbonyl (C=O) groups is 1. The first kappa shape index (κ1) is 16.6. The topological polar surface area (TPSA) is 59.4 Å². The van der Waals surface area contributed by atoms with E-state index in [2.05, 4.69) is 15.3 Å². The highest BCUT2D eigenvalue weighted by Crippen LogP contribution is 2.33. The number of halogens is 1. The van der Waals surface area contributed by atoms with Gasteiger partial charge in [0.2, 0.25) is 5.91 Å². The summed E-state index contributed by atoms with van der Waals surface area (Å²) in [6.45, 7) is 1.60. The van der Waals surface area contributed by atoms with Crippen LogP contribution in [0.5, 0.6) is 5.75 Å². The second-order valence-electron chi connectivity index (χ2n) is 6.01. The predicted molar refractivity (Wildman–Crippen MR) is 93.7 cm³/mol. The van der Waals surface area contributed by atoms with Crippen LogP contribution < -0.4 is 15.0 Å². The van der Waals surface area contributed by atoms with Gasteiger partial charge in [-0.2, -0.15) is 5.10 Å². The summed E-state index contributed by atoms with van der Waals surface area (Å²) in [5, 5.41) is 7.86. The number of benzene rings is 1. The predicted octanol–water partition coefficient (Wildman–Crippen LogP) is 2.02. The first-order valence-electron chi connectivity index (χ1n) is 7.90. The minimum Gasteiger partial charge on any atom is -0.495 e. The van der Waals surface area contributed by atoms with Crippen LogP contribution in [0.4, 0.5) is 5.69 Å². The van der Waals surface area contributed by atoms with Crippen molar-refractivity contribution in [1.82, 2.24) is 15.1 Å². The average molecular weight is 349 g/mol. The van der Waals surface area contributed by atoms with E-state index >= 15 is 0 Å². The number of nitrogens with one attached hydrogen (secondary N) is 1. The molecule has 1 aliphatic heterocycles. The van der Waals surface area contributed by atoms with E-state index < -0.39 is 0 Å². The molecule has 1 amide bonds. The molecule has 1 aliphatic rings. The van der Waals surface area contributed by atoms with Gasteiger partial charge in [-0.15, -0.1) is 0 Å². The van der Waals surface area contributed by atoms with Crippen molar-refractivity contribution in [2.24, 2.45) is 7.05 Å². The number of methoxy groups -OCH3 is 1. The number of rotatable bonds is 5. The lowest BCUT2D eigenvalue weighted by molar-refractivity contribution is -0.121. The Bertz CT molecular complexity index is 731. The Morgan fingerprint density at radius 1 is 1.50 bits per heavy atom. The molecule has 0 saturated carbocycles. The van der Waals surface area contributed by atoms with E-state index in [9.17, 15) is 4.79 Å². The molecule has 0 unspecified atom stereocenters. The summed E-state index contributed by atoms with van der Waals surface area (Å²) in [6, 6.07) is 5.71. The number of amides is 1. The van der Waals surface area contributed by atoms with Crippen molar-refractivity contribution in [3.05, 3.63) is 41.2 Å². The maximum Gasteiger partial charge on any atom is 0.224 e. The highest BCUT2D eigenvalue weighted by molar-refractivity contribution is 6.30. The molecule has 2 heterocycles. The number of hydrogen-bond donors (Lipinski definition) is 1. The Balaban J connectivity index is 1.59. The second-order valence-corrected chi connectivity index (χ2v) is 6.45. The molecule has 1 atom stereocenters. The lowest BCUT2D eigenvalue weighted by Crippen LogP contribution is -2.38. The summed E-state index contributed by atoms with van der Waals surface area (Å²) < 4.78 is 7.11. The molecular weight excluding hydrogens is 328 g/mol. The number of anilines is 1. The van der Waals surface area contributed by atoms with Gasteiger partial charge in [0.1, 0.15) is 5.75 Å². The van der Waals surface area contributed by atoms with Crippen molar-refractivity contribution in [3.63, 3.8) is 0 Å². The molecule has 1 fully saturated rings. The molecule has 24 heavy (non-hydrogen) atoms. The SMILES string of the molecule is COc1ccc(Cl)cc1N1CC[C@H](NC(=O)Cc2cnn(C)c2)C1. The molecule has 0 bridgehead atoms. The van der Waals surface area contributed by atoms with Gasteiger partial charge in [0.05, 0.1) is 25.4 Å². The minimum absolute atomic E-state index is 0.0212. The zero-order valence-corrected chi connectivity index (χ0v) is 14.6. The highest BCUT2D eigenvalue weighted by atomic mass is 35.5. The minimum atomic E-state index is 0.0212. The Hall–Kier alpha value is -2.21. The number of aryl methyl sites for hydroxylation is 1. The molecule has 2 aromatic rings. The van der Waals surface area contributed by atoms with Crippen LogP contribution in [-0.2, 0) is 18.3 Å². The van der Waals surface area contributed by atoms with E-state index in [1.165, 1.54) is 0 Å². The van der Waals surface area contributed by atoms with Crippen LogP contribution in [0.1, 0.15) is 12.0 Å². The maximum absolute atomic E-state index is 12.2. The monoisotopic (exact) mass is 348 g/mol.